The largest absolute Gasteiger partial charge is 0.256 e. The third-order valence-electron chi connectivity index (χ3n) is 8.51. The van der Waals surface area contributed by atoms with E-state index in [-0.39, 0.29) is 0 Å². The van der Waals surface area contributed by atoms with Crippen LogP contribution >= 0.6 is 11.3 Å². The molecule has 9 aromatic rings. The van der Waals surface area contributed by atoms with Gasteiger partial charge >= 0.3 is 0 Å². The van der Waals surface area contributed by atoms with E-state index in [1.54, 1.807) is 11.3 Å². The van der Waals surface area contributed by atoms with Crippen LogP contribution in [0.15, 0.2) is 146 Å². The van der Waals surface area contributed by atoms with Crippen molar-refractivity contribution in [3.05, 3.63) is 146 Å². The highest BCUT2D eigenvalue weighted by atomic mass is 32.1. The van der Waals surface area contributed by atoms with Gasteiger partial charge in [0, 0.05) is 27.9 Å². The highest BCUT2D eigenvalue weighted by Gasteiger charge is 2.19. The van der Waals surface area contributed by atoms with Crippen molar-refractivity contribution >= 4 is 64.8 Å². The number of pyridine rings is 1. The molecule has 3 heteroatoms. The molecule has 0 aliphatic carbocycles. The Labute approximate surface area is 252 Å². The number of thiazole rings is 1. The van der Waals surface area contributed by atoms with Crippen molar-refractivity contribution in [2.24, 2.45) is 0 Å². The molecule has 2 heterocycles. The normalized spacial score (nSPS) is 11.7. The number of hydrogen-bond acceptors (Lipinski definition) is 3. The van der Waals surface area contributed by atoms with E-state index < -0.39 is 0 Å². The van der Waals surface area contributed by atoms with Crippen LogP contribution in [-0.2, 0) is 0 Å². The molecular weight excluding hydrogens is 541 g/mol. The molecule has 0 saturated heterocycles. The zero-order chi connectivity index (χ0) is 28.3. The van der Waals surface area contributed by atoms with Crippen LogP contribution < -0.4 is 0 Å². The molecule has 2 aromatic heterocycles. The smallest absolute Gasteiger partial charge is 0.124 e. The molecular formula is C40H24N2S. The molecule has 2 nitrogen and oxygen atoms in total. The van der Waals surface area contributed by atoms with Gasteiger partial charge in [0.05, 0.1) is 15.7 Å². The second kappa shape index (κ2) is 9.59. The topological polar surface area (TPSA) is 25.8 Å². The lowest BCUT2D eigenvalue weighted by Gasteiger charge is -2.19. The van der Waals surface area contributed by atoms with E-state index in [2.05, 4.69) is 140 Å². The Hall–Kier alpha value is -5.38. The molecule has 0 spiro atoms. The second-order valence-corrected chi connectivity index (χ2v) is 12.0. The minimum Gasteiger partial charge on any atom is -0.256 e. The van der Waals surface area contributed by atoms with E-state index >= 15 is 0 Å². The van der Waals surface area contributed by atoms with Gasteiger partial charge in [-0.2, -0.15) is 0 Å². The zero-order valence-corrected chi connectivity index (χ0v) is 24.0. The average molecular weight is 565 g/mol. The van der Waals surface area contributed by atoms with Gasteiger partial charge in [0.25, 0.3) is 0 Å². The van der Waals surface area contributed by atoms with Gasteiger partial charge in [0.1, 0.15) is 5.01 Å². The monoisotopic (exact) mass is 564 g/mol. The van der Waals surface area contributed by atoms with Crippen molar-refractivity contribution in [1.82, 2.24) is 9.97 Å². The molecule has 0 saturated carbocycles. The molecule has 0 unspecified atom stereocenters. The van der Waals surface area contributed by atoms with Crippen LogP contribution in [0.4, 0.5) is 0 Å². The van der Waals surface area contributed by atoms with Crippen molar-refractivity contribution in [3.8, 4) is 32.8 Å². The molecule has 43 heavy (non-hydrogen) atoms. The summed E-state index contributed by atoms with van der Waals surface area (Å²) in [6, 6.07) is 50.0. The van der Waals surface area contributed by atoms with E-state index in [9.17, 15) is 0 Å². The van der Waals surface area contributed by atoms with Crippen molar-refractivity contribution < 1.29 is 0 Å². The molecule has 0 aliphatic heterocycles. The molecule has 0 aliphatic rings. The van der Waals surface area contributed by atoms with E-state index in [1.165, 1.54) is 59.3 Å². The summed E-state index contributed by atoms with van der Waals surface area (Å²) in [6.07, 6.45) is 2.07. The zero-order valence-electron chi connectivity index (χ0n) is 23.2. The van der Waals surface area contributed by atoms with Gasteiger partial charge in [-0.1, -0.05) is 115 Å². The Balaban J connectivity index is 1.34. The summed E-state index contributed by atoms with van der Waals surface area (Å²) in [5.74, 6) is 0. The van der Waals surface area contributed by atoms with Crippen LogP contribution in [0.3, 0.4) is 0 Å². The lowest BCUT2D eigenvalue weighted by molar-refractivity contribution is 1.44. The molecule has 0 radical (unpaired) electrons. The standard InChI is InChI=1S/C40H24N2S/c1-2-10-28-23-29(22-17-25(28)9-1)38-31-12-4-3-11-30(31)37(33-24-41-34-14-6-5-13-32(34)39(33)38)26-18-20-27(21-19-26)40-42-35-15-7-8-16-36(35)43-40/h1-24H. The second-order valence-electron chi connectivity index (χ2n) is 11.0. The molecule has 0 fully saturated rings. The minimum absolute atomic E-state index is 1.00. The maximum absolute atomic E-state index is 4.97. The molecule has 0 atom stereocenters. The summed E-state index contributed by atoms with van der Waals surface area (Å²) in [7, 11) is 0. The predicted octanol–water partition coefficient (Wildman–Crippen LogP) is 11.3. The Kier molecular flexibility index (Phi) is 5.40. The molecule has 0 N–H and O–H groups in total. The van der Waals surface area contributed by atoms with Gasteiger partial charge < -0.3 is 0 Å². The van der Waals surface area contributed by atoms with Gasteiger partial charge in [-0.15, -0.1) is 11.3 Å². The van der Waals surface area contributed by atoms with E-state index in [1.807, 2.05) is 6.07 Å². The van der Waals surface area contributed by atoms with Gasteiger partial charge in [-0.3, -0.25) is 4.98 Å². The average Bonchev–Trinajstić information content (AvgIpc) is 3.51. The SMILES string of the molecule is c1ccc2cc(-c3c4ccccc4c(-c4ccc(-c5nc6ccccc6s5)cc4)c4cnc5ccccc5c34)ccc2c1. The minimum atomic E-state index is 1.00. The van der Waals surface area contributed by atoms with Gasteiger partial charge in [0.15, 0.2) is 0 Å². The van der Waals surface area contributed by atoms with Crippen molar-refractivity contribution in [1.29, 1.82) is 0 Å². The van der Waals surface area contributed by atoms with Gasteiger partial charge in [-0.05, 0) is 68.1 Å². The summed E-state index contributed by atoms with van der Waals surface area (Å²) >= 11 is 1.74. The van der Waals surface area contributed by atoms with Gasteiger partial charge in [0.2, 0.25) is 0 Å². The third-order valence-corrected chi connectivity index (χ3v) is 9.60. The number of fused-ring (bicyclic) bond motifs is 6. The summed E-state index contributed by atoms with van der Waals surface area (Å²) in [6.45, 7) is 0. The van der Waals surface area contributed by atoms with Crippen LogP contribution in [0.1, 0.15) is 0 Å². The first-order chi connectivity index (χ1) is 21.3. The van der Waals surface area contributed by atoms with Crippen LogP contribution in [0.2, 0.25) is 0 Å². The quantitative estimate of drug-likeness (QED) is 0.158. The maximum Gasteiger partial charge on any atom is 0.124 e. The van der Waals surface area contributed by atoms with Crippen LogP contribution in [0.25, 0.3) is 86.3 Å². The Morgan fingerprint density at radius 2 is 1.07 bits per heavy atom. The lowest BCUT2D eigenvalue weighted by atomic mass is 9.85. The highest BCUT2D eigenvalue weighted by Crippen LogP contribution is 2.46. The summed E-state index contributed by atoms with van der Waals surface area (Å²) in [4.78, 5) is 9.86. The predicted molar refractivity (Wildman–Crippen MR) is 184 cm³/mol. The van der Waals surface area contributed by atoms with Crippen LogP contribution in [0.5, 0.6) is 0 Å². The number of benzene rings is 7. The maximum atomic E-state index is 4.97. The number of aromatic nitrogens is 2. The number of nitrogens with zero attached hydrogens (tertiary/aromatic N) is 2. The molecule has 0 bridgehead atoms. The first kappa shape index (κ1) is 24.2. The van der Waals surface area contributed by atoms with Crippen molar-refractivity contribution in [2.75, 3.05) is 0 Å². The third kappa shape index (κ3) is 3.86. The van der Waals surface area contributed by atoms with E-state index in [0.29, 0.717) is 0 Å². The molecule has 200 valence electrons. The summed E-state index contributed by atoms with van der Waals surface area (Å²) in [5.41, 5.74) is 8.04. The van der Waals surface area contributed by atoms with E-state index in [0.717, 1.165) is 27.0 Å². The fourth-order valence-corrected chi connectivity index (χ4v) is 7.50. The summed E-state index contributed by atoms with van der Waals surface area (Å²) < 4.78 is 1.21. The molecule has 7 aromatic carbocycles. The van der Waals surface area contributed by atoms with E-state index in [4.69, 9.17) is 9.97 Å². The first-order valence-electron chi connectivity index (χ1n) is 14.5. The fraction of sp³-hybridized carbons (Fsp3) is 0. The summed E-state index contributed by atoms with van der Waals surface area (Å²) in [5, 5.41) is 9.57. The van der Waals surface area contributed by atoms with Crippen molar-refractivity contribution in [2.45, 2.75) is 0 Å². The number of para-hydroxylation sites is 2. The van der Waals surface area contributed by atoms with Crippen molar-refractivity contribution in [3.63, 3.8) is 0 Å². The lowest BCUT2D eigenvalue weighted by Crippen LogP contribution is -1.93. The number of rotatable bonds is 3. The Bertz CT molecular complexity index is 2470. The first-order valence-corrected chi connectivity index (χ1v) is 15.3. The highest BCUT2D eigenvalue weighted by molar-refractivity contribution is 7.21. The molecule has 0 amide bonds. The number of hydrogen-bond donors (Lipinski definition) is 0. The molecule has 9 rings (SSSR count). The van der Waals surface area contributed by atoms with Crippen LogP contribution in [-0.4, -0.2) is 9.97 Å². The fourth-order valence-electron chi connectivity index (χ4n) is 6.53. The van der Waals surface area contributed by atoms with Crippen LogP contribution in [0, 0.1) is 0 Å². The Morgan fingerprint density at radius 1 is 0.442 bits per heavy atom. The Morgan fingerprint density at radius 3 is 1.88 bits per heavy atom. The van der Waals surface area contributed by atoms with Gasteiger partial charge in [-0.25, -0.2) is 4.98 Å².